The molecule has 0 bridgehead atoms. The van der Waals surface area contributed by atoms with Crippen LogP contribution >= 0.6 is 0 Å². The number of hydrogen-bond donors (Lipinski definition) is 0. The van der Waals surface area contributed by atoms with Gasteiger partial charge in [-0.1, -0.05) is 194 Å². The van der Waals surface area contributed by atoms with E-state index in [9.17, 15) is 0 Å². The zero-order valence-electron chi connectivity index (χ0n) is 37.7. The monoisotopic (exact) mass is 880 g/mol. The minimum atomic E-state index is 0.883. The van der Waals surface area contributed by atoms with Gasteiger partial charge in [0.1, 0.15) is 11.2 Å². The van der Waals surface area contributed by atoms with Crippen molar-refractivity contribution in [1.82, 2.24) is 4.57 Å². The van der Waals surface area contributed by atoms with Crippen LogP contribution in [0.5, 0.6) is 0 Å². The minimum Gasteiger partial charge on any atom is -0.456 e. The van der Waals surface area contributed by atoms with E-state index in [1.807, 2.05) is 12.1 Å². The molecule has 0 unspecified atom stereocenters. The lowest BCUT2D eigenvalue weighted by Crippen LogP contribution is -2.11. The highest BCUT2D eigenvalue weighted by Gasteiger charge is 2.21. The molecule has 0 spiro atoms. The molecule has 0 aliphatic rings. The van der Waals surface area contributed by atoms with Gasteiger partial charge >= 0.3 is 0 Å². The van der Waals surface area contributed by atoms with E-state index in [-0.39, 0.29) is 0 Å². The summed E-state index contributed by atoms with van der Waals surface area (Å²) >= 11 is 0. The summed E-state index contributed by atoms with van der Waals surface area (Å²) < 4.78 is 8.77. The zero-order valence-corrected chi connectivity index (χ0v) is 37.7. The van der Waals surface area contributed by atoms with E-state index in [1.54, 1.807) is 0 Å². The summed E-state index contributed by atoms with van der Waals surface area (Å²) in [6.07, 6.45) is 0. The van der Waals surface area contributed by atoms with Crippen LogP contribution in [0, 0.1) is 0 Å². The first kappa shape index (κ1) is 40.1. The van der Waals surface area contributed by atoms with Crippen molar-refractivity contribution >= 4 is 60.8 Å². The van der Waals surface area contributed by atoms with Crippen LogP contribution in [0.25, 0.3) is 105 Å². The molecule has 0 atom stereocenters. The van der Waals surface area contributed by atoms with E-state index in [2.05, 4.69) is 264 Å². The molecule has 0 saturated heterocycles. The summed E-state index contributed by atoms with van der Waals surface area (Å²) in [6, 6.07) is 96.1. The number of fused-ring (bicyclic) bond motifs is 6. The van der Waals surface area contributed by atoms with E-state index in [0.717, 1.165) is 72.4 Å². The molecule has 13 aromatic rings. The van der Waals surface area contributed by atoms with Crippen LogP contribution in [0.3, 0.4) is 0 Å². The van der Waals surface area contributed by atoms with Crippen molar-refractivity contribution in [3.8, 4) is 61.3 Å². The Morgan fingerprint density at radius 2 is 0.754 bits per heavy atom. The summed E-state index contributed by atoms with van der Waals surface area (Å²) in [4.78, 5) is 2.40. The molecule has 0 radical (unpaired) electrons. The Kier molecular flexibility index (Phi) is 9.84. The fourth-order valence-electron chi connectivity index (χ4n) is 10.3. The van der Waals surface area contributed by atoms with E-state index in [0.29, 0.717) is 0 Å². The number of rotatable bonds is 9. The largest absolute Gasteiger partial charge is 0.456 e. The molecule has 0 aliphatic heterocycles. The maximum absolute atomic E-state index is 6.39. The first-order valence-corrected chi connectivity index (χ1v) is 23.6. The summed E-state index contributed by atoms with van der Waals surface area (Å²) in [5.41, 5.74) is 20.2. The fraction of sp³-hybridized carbons (Fsp3) is 0. The van der Waals surface area contributed by atoms with Crippen LogP contribution < -0.4 is 4.90 Å². The van der Waals surface area contributed by atoms with E-state index in [1.165, 1.54) is 49.7 Å². The van der Waals surface area contributed by atoms with Crippen molar-refractivity contribution < 1.29 is 4.42 Å². The second kappa shape index (κ2) is 16.9. The molecular weight excluding hydrogens is 837 g/mol. The smallest absolute Gasteiger partial charge is 0.137 e. The highest BCUT2D eigenvalue weighted by Crippen LogP contribution is 2.45. The number of para-hydroxylation sites is 3. The van der Waals surface area contributed by atoms with Crippen LogP contribution in [0.4, 0.5) is 17.1 Å². The molecule has 0 saturated carbocycles. The number of anilines is 3. The third-order valence-electron chi connectivity index (χ3n) is 13.6. The fourth-order valence-corrected chi connectivity index (χ4v) is 10.3. The molecule has 2 aromatic heterocycles. The van der Waals surface area contributed by atoms with Crippen molar-refractivity contribution in [2.75, 3.05) is 4.90 Å². The molecule has 11 aromatic carbocycles. The number of aromatic nitrogens is 1. The van der Waals surface area contributed by atoms with Crippen molar-refractivity contribution in [3.63, 3.8) is 0 Å². The first-order chi connectivity index (χ1) is 34.2. The third-order valence-corrected chi connectivity index (χ3v) is 13.6. The first-order valence-electron chi connectivity index (χ1n) is 23.6. The van der Waals surface area contributed by atoms with Gasteiger partial charge in [-0.3, -0.25) is 0 Å². The Balaban J connectivity index is 0.912. The number of hydrogen-bond acceptors (Lipinski definition) is 2. The predicted octanol–water partition coefficient (Wildman–Crippen LogP) is 18.5. The molecule has 3 heteroatoms. The van der Waals surface area contributed by atoms with Gasteiger partial charge in [0.25, 0.3) is 0 Å². The Morgan fingerprint density at radius 3 is 1.42 bits per heavy atom. The van der Waals surface area contributed by atoms with Gasteiger partial charge in [-0.05, 0) is 117 Å². The SMILES string of the molecule is c1ccc(-c2ccc(-c3ccc(N(c4ccc(-c5ccccc5)cc4)c4ccccc4-c4cccc(-c5cccc6c5c5ccccc5n6-c5ccc6c(c5)oc5ccccc56)c4)cc3)cc2)cc1. The molecule has 3 nitrogen and oxygen atoms in total. The van der Waals surface area contributed by atoms with Crippen LogP contribution in [-0.2, 0) is 0 Å². The zero-order chi connectivity index (χ0) is 45.7. The van der Waals surface area contributed by atoms with Gasteiger partial charge in [-0.15, -0.1) is 0 Å². The van der Waals surface area contributed by atoms with Gasteiger partial charge in [0.2, 0.25) is 0 Å². The molecule has 2 heterocycles. The molecule has 0 fully saturated rings. The summed E-state index contributed by atoms with van der Waals surface area (Å²) in [5.74, 6) is 0. The lowest BCUT2D eigenvalue weighted by atomic mass is 9.94. The molecule has 13 rings (SSSR count). The van der Waals surface area contributed by atoms with Gasteiger partial charge in [-0.25, -0.2) is 0 Å². The summed E-state index contributed by atoms with van der Waals surface area (Å²) in [5, 5.41) is 4.68. The van der Waals surface area contributed by atoms with E-state index < -0.39 is 0 Å². The van der Waals surface area contributed by atoms with Crippen LogP contribution in [-0.4, -0.2) is 4.57 Å². The average Bonchev–Trinajstić information content (AvgIpc) is 3.98. The van der Waals surface area contributed by atoms with Crippen molar-refractivity contribution in [2.45, 2.75) is 0 Å². The van der Waals surface area contributed by atoms with Gasteiger partial charge in [0.15, 0.2) is 0 Å². The average molecular weight is 881 g/mol. The Bertz CT molecular complexity index is 3980. The van der Waals surface area contributed by atoms with E-state index in [4.69, 9.17) is 4.42 Å². The second-order valence-electron chi connectivity index (χ2n) is 17.7. The molecule has 0 aliphatic carbocycles. The maximum Gasteiger partial charge on any atom is 0.137 e. The summed E-state index contributed by atoms with van der Waals surface area (Å²) in [6.45, 7) is 0. The van der Waals surface area contributed by atoms with Crippen LogP contribution in [0.2, 0.25) is 0 Å². The topological polar surface area (TPSA) is 21.3 Å². The summed E-state index contributed by atoms with van der Waals surface area (Å²) in [7, 11) is 0. The highest BCUT2D eigenvalue weighted by molar-refractivity contribution is 6.16. The molecule has 0 N–H and O–H groups in total. The number of benzene rings is 11. The lowest BCUT2D eigenvalue weighted by molar-refractivity contribution is 0.668. The quantitative estimate of drug-likeness (QED) is 0.144. The number of nitrogens with zero attached hydrogens (tertiary/aromatic N) is 2. The van der Waals surface area contributed by atoms with Crippen molar-refractivity contribution in [3.05, 3.63) is 267 Å². The Labute approximate surface area is 401 Å². The van der Waals surface area contributed by atoms with Gasteiger partial charge < -0.3 is 13.9 Å². The van der Waals surface area contributed by atoms with Crippen LogP contribution in [0.15, 0.2) is 271 Å². The standard InChI is InChI=1S/C66H44N2O/c1-3-15-45(16-4-1)47-29-31-48(32-30-47)50-35-39-54(40-36-50)67(53-37-33-49(34-38-53)46-17-5-2-6-18-46)61-25-10-7-21-56(61)51-19-13-20-52(43-51)57-24-14-27-63-66(57)60-23-8-11-26-62(60)68(63)55-41-42-59-58-22-9-12-28-64(58)69-65(59)44-55/h1-44H. The van der Waals surface area contributed by atoms with Gasteiger partial charge in [0.05, 0.1) is 16.7 Å². The van der Waals surface area contributed by atoms with E-state index >= 15 is 0 Å². The molecular formula is C66H44N2O. The molecule has 0 amide bonds. The third kappa shape index (κ3) is 7.16. The predicted molar refractivity (Wildman–Crippen MR) is 290 cm³/mol. The second-order valence-corrected chi connectivity index (χ2v) is 17.7. The normalized spacial score (nSPS) is 11.5. The van der Waals surface area contributed by atoms with Crippen molar-refractivity contribution in [1.29, 1.82) is 0 Å². The Hall–Kier alpha value is -9.18. The minimum absolute atomic E-state index is 0.883. The molecule has 69 heavy (non-hydrogen) atoms. The highest BCUT2D eigenvalue weighted by atomic mass is 16.3. The number of furan rings is 1. The van der Waals surface area contributed by atoms with Crippen LogP contribution in [0.1, 0.15) is 0 Å². The Morgan fingerprint density at radius 1 is 0.290 bits per heavy atom. The van der Waals surface area contributed by atoms with Gasteiger partial charge in [-0.2, -0.15) is 0 Å². The van der Waals surface area contributed by atoms with Gasteiger partial charge in [0, 0.05) is 50.2 Å². The molecule has 324 valence electrons. The van der Waals surface area contributed by atoms with Crippen molar-refractivity contribution in [2.24, 2.45) is 0 Å². The lowest BCUT2D eigenvalue weighted by Gasteiger charge is -2.28. The maximum atomic E-state index is 6.39.